The molecule has 1 saturated heterocycles. The molecule has 0 N–H and O–H groups in total. The average molecular weight is 388 g/mol. The summed E-state index contributed by atoms with van der Waals surface area (Å²) >= 11 is 8.02. The second-order valence-corrected chi connectivity index (χ2v) is 6.36. The van der Waals surface area contributed by atoms with Gasteiger partial charge in [-0.3, -0.25) is 9.59 Å². The number of nitrogens with zero attached hydrogens (tertiary/aromatic N) is 1. The van der Waals surface area contributed by atoms with E-state index in [1.807, 2.05) is 12.2 Å². The maximum atomic E-state index is 12.4. The number of allylic oxidation sites excluding steroid dienone is 2. The summed E-state index contributed by atoms with van der Waals surface area (Å²) in [5.74, 6) is -0.549. The van der Waals surface area contributed by atoms with Crippen molar-refractivity contribution >= 4 is 51.7 Å². The molecule has 0 aromatic heterocycles. The third kappa shape index (κ3) is 2.10. The molecule has 2 amide bonds. The van der Waals surface area contributed by atoms with Gasteiger partial charge in [-0.1, -0.05) is 23.8 Å². The summed E-state index contributed by atoms with van der Waals surface area (Å²) in [5, 5.41) is 0.603. The predicted molar refractivity (Wildman–Crippen MR) is 82.0 cm³/mol. The number of rotatable bonds is 1. The number of fused-ring (bicyclic) bond motifs is 1. The lowest BCUT2D eigenvalue weighted by Gasteiger charge is -2.16. The van der Waals surface area contributed by atoms with E-state index in [-0.39, 0.29) is 23.7 Å². The lowest BCUT2D eigenvalue weighted by Crippen LogP contribution is -2.31. The van der Waals surface area contributed by atoms with Crippen LogP contribution < -0.4 is 4.90 Å². The molecule has 1 aromatic rings. The van der Waals surface area contributed by atoms with Crippen LogP contribution in [0.1, 0.15) is 12.8 Å². The molecule has 2 aliphatic rings. The van der Waals surface area contributed by atoms with Crippen LogP contribution in [-0.4, -0.2) is 11.8 Å². The quantitative estimate of drug-likeness (QED) is 0.421. The Morgan fingerprint density at radius 1 is 1.11 bits per heavy atom. The molecule has 1 heterocycles. The largest absolute Gasteiger partial charge is 0.274 e. The molecule has 0 radical (unpaired) electrons. The highest BCUT2D eigenvalue weighted by Gasteiger charge is 2.48. The van der Waals surface area contributed by atoms with Gasteiger partial charge in [0.1, 0.15) is 0 Å². The normalized spacial score (nSPS) is 25.9. The minimum absolute atomic E-state index is 0.0837. The molecule has 3 nitrogen and oxygen atoms in total. The molecule has 1 aliphatic carbocycles. The number of anilines is 1. The zero-order valence-electron chi connectivity index (χ0n) is 9.98. The maximum Gasteiger partial charge on any atom is 0.238 e. The molecule has 0 unspecified atom stereocenters. The van der Waals surface area contributed by atoms with Crippen molar-refractivity contribution in [3.05, 3.63) is 38.9 Å². The molecule has 1 aromatic carbocycles. The number of hydrogen-bond donors (Lipinski definition) is 0. The van der Waals surface area contributed by atoms with Gasteiger partial charge >= 0.3 is 0 Å². The van der Waals surface area contributed by atoms with E-state index >= 15 is 0 Å². The second kappa shape index (κ2) is 4.90. The van der Waals surface area contributed by atoms with Crippen molar-refractivity contribution in [3.8, 4) is 0 Å². The Morgan fingerprint density at radius 3 is 2.21 bits per heavy atom. The van der Waals surface area contributed by atoms with Gasteiger partial charge in [0.25, 0.3) is 0 Å². The number of halogens is 2. The SMILES string of the molecule is O=C1[C@H]2CC=CC[C@H]2C(=O)N1c1ccc(Cl)cc1I. The smallest absolute Gasteiger partial charge is 0.238 e. The van der Waals surface area contributed by atoms with Crippen molar-refractivity contribution in [2.24, 2.45) is 11.8 Å². The molecule has 98 valence electrons. The van der Waals surface area contributed by atoms with Crippen molar-refractivity contribution in [3.63, 3.8) is 0 Å². The Morgan fingerprint density at radius 2 is 1.68 bits per heavy atom. The number of carbonyl (C=O) groups excluding carboxylic acids is 2. The van der Waals surface area contributed by atoms with E-state index in [9.17, 15) is 9.59 Å². The first-order valence-electron chi connectivity index (χ1n) is 6.07. The van der Waals surface area contributed by atoms with Crippen LogP contribution in [0.4, 0.5) is 5.69 Å². The number of amides is 2. The summed E-state index contributed by atoms with van der Waals surface area (Å²) in [7, 11) is 0. The number of imide groups is 1. The Bertz CT molecular complexity index is 573. The molecule has 0 spiro atoms. The summed E-state index contributed by atoms with van der Waals surface area (Å²) in [6.07, 6.45) is 5.30. The monoisotopic (exact) mass is 387 g/mol. The fraction of sp³-hybridized carbons (Fsp3) is 0.286. The highest BCUT2D eigenvalue weighted by atomic mass is 127. The van der Waals surface area contributed by atoms with Gasteiger partial charge < -0.3 is 0 Å². The van der Waals surface area contributed by atoms with E-state index in [4.69, 9.17) is 11.6 Å². The summed E-state index contributed by atoms with van der Waals surface area (Å²) in [4.78, 5) is 26.2. The second-order valence-electron chi connectivity index (χ2n) is 4.76. The van der Waals surface area contributed by atoms with E-state index in [0.29, 0.717) is 23.6 Å². The Kier molecular flexibility index (Phi) is 3.39. The predicted octanol–water partition coefficient (Wildman–Crippen LogP) is 3.40. The van der Waals surface area contributed by atoms with Crippen LogP contribution in [0, 0.1) is 15.4 Å². The third-order valence-electron chi connectivity index (χ3n) is 3.66. The number of carbonyl (C=O) groups is 2. The fourth-order valence-electron chi connectivity index (χ4n) is 2.70. The van der Waals surface area contributed by atoms with Gasteiger partial charge in [-0.2, -0.15) is 0 Å². The van der Waals surface area contributed by atoms with Crippen LogP contribution in [0.25, 0.3) is 0 Å². The molecule has 0 bridgehead atoms. The first-order valence-corrected chi connectivity index (χ1v) is 7.53. The Labute approximate surface area is 129 Å². The topological polar surface area (TPSA) is 37.4 Å². The van der Waals surface area contributed by atoms with Gasteiger partial charge in [0.15, 0.2) is 0 Å². The molecule has 5 heteroatoms. The van der Waals surface area contributed by atoms with Crippen molar-refractivity contribution < 1.29 is 9.59 Å². The van der Waals surface area contributed by atoms with Crippen LogP contribution in [0.3, 0.4) is 0 Å². The van der Waals surface area contributed by atoms with Crippen molar-refractivity contribution in [1.29, 1.82) is 0 Å². The van der Waals surface area contributed by atoms with Gasteiger partial charge in [0.2, 0.25) is 11.8 Å². The summed E-state index contributed by atoms with van der Waals surface area (Å²) in [6.45, 7) is 0. The van der Waals surface area contributed by atoms with Crippen LogP contribution in [0.2, 0.25) is 5.02 Å². The minimum Gasteiger partial charge on any atom is -0.274 e. The van der Waals surface area contributed by atoms with Crippen LogP contribution in [0.15, 0.2) is 30.4 Å². The van der Waals surface area contributed by atoms with Gasteiger partial charge in [0.05, 0.1) is 17.5 Å². The molecule has 2 atom stereocenters. The standard InChI is InChI=1S/C14H11ClINO2/c15-8-5-6-12(11(16)7-8)17-13(18)9-3-1-2-4-10(9)14(17)19/h1-2,5-7,9-10H,3-4H2/t9-,10+. The number of benzene rings is 1. The molecule has 1 fully saturated rings. The van der Waals surface area contributed by atoms with E-state index in [0.717, 1.165) is 3.57 Å². The zero-order valence-corrected chi connectivity index (χ0v) is 12.9. The highest BCUT2D eigenvalue weighted by Crippen LogP contribution is 2.39. The summed E-state index contributed by atoms with van der Waals surface area (Å²) in [5.41, 5.74) is 0.648. The molecule has 19 heavy (non-hydrogen) atoms. The van der Waals surface area contributed by atoms with Crippen molar-refractivity contribution in [2.45, 2.75) is 12.8 Å². The average Bonchev–Trinajstić information content (AvgIpc) is 2.64. The maximum absolute atomic E-state index is 12.4. The van der Waals surface area contributed by atoms with Crippen LogP contribution in [0.5, 0.6) is 0 Å². The lowest BCUT2D eigenvalue weighted by atomic mass is 9.85. The van der Waals surface area contributed by atoms with Gasteiger partial charge in [-0.15, -0.1) is 0 Å². The van der Waals surface area contributed by atoms with Gasteiger partial charge in [-0.25, -0.2) is 4.90 Å². The van der Waals surface area contributed by atoms with Gasteiger partial charge in [-0.05, 0) is 53.6 Å². The molecule has 3 rings (SSSR count). The van der Waals surface area contributed by atoms with E-state index in [1.54, 1.807) is 18.2 Å². The third-order valence-corrected chi connectivity index (χ3v) is 4.76. The summed E-state index contributed by atoms with van der Waals surface area (Å²) in [6, 6.07) is 5.21. The minimum atomic E-state index is -0.191. The zero-order chi connectivity index (χ0) is 13.6. The molecular weight excluding hydrogens is 377 g/mol. The molecule has 1 aliphatic heterocycles. The Hall–Kier alpha value is -0.880. The number of hydrogen-bond acceptors (Lipinski definition) is 2. The highest BCUT2D eigenvalue weighted by molar-refractivity contribution is 14.1. The van der Waals surface area contributed by atoms with E-state index in [2.05, 4.69) is 22.6 Å². The lowest BCUT2D eigenvalue weighted by molar-refractivity contribution is -0.122. The molecule has 0 saturated carbocycles. The van der Waals surface area contributed by atoms with E-state index < -0.39 is 0 Å². The summed E-state index contributed by atoms with van der Waals surface area (Å²) < 4.78 is 0.818. The van der Waals surface area contributed by atoms with Crippen LogP contribution >= 0.6 is 34.2 Å². The Balaban J connectivity index is 2.02. The van der Waals surface area contributed by atoms with Crippen molar-refractivity contribution in [1.82, 2.24) is 0 Å². The molecular formula is C14H11ClINO2. The van der Waals surface area contributed by atoms with Crippen molar-refractivity contribution in [2.75, 3.05) is 4.90 Å². The van der Waals surface area contributed by atoms with Gasteiger partial charge in [0, 0.05) is 8.59 Å². The first-order chi connectivity index (χ1) is 9.09. The van der Waals surface area contributed by atoms with Crippen LogP contribution in [-0.2, 0) is 9.59 Å². The van der Waals surface area contributed by atoms with E-state index in [1.165, 1.54) is 4.90 Å². The fourth-order valence-corrected chi connectivity index (χ4v) is 3.81. The first kappa shape index (κ1) is 13.1.